The molecule has 1 N–H and O–H groups in total. The number of thiazole rings is 1. The molecule has 3 heterocycles. The number of thiophene rings is 1. The second-order valence-electron chi connectivity index (χ2n) is 5.59. The third-order valence-electron chi connectivity index (χ3n) is 4.06. The number of hydrogen-bond acceptors (Lipinski definition) is 5. The largest absolute Gasteiger partial charge is 0.314 e. The van der Waals surface area contributed by atoms with E-state index in [-0.39, 0.29) is 0 Å². The SMILES string of the molecule is CCCC(c1nc(-c2sccc2C)cs1)N1CCNCC1. The molecule has 1 saturated heterocycles. The van der Waals surface area contributed by atoms with Crippen molar-refractivity contribution in [3.8, 4) is 10.6 Å². The number of rotatable bonds is 5. The molecular formula is C16H23N3S2. The van der Waals surface area contributed by atoms with Crippen LogP contribution >= 0.6 is 22.7 Å². The first-order valence-corrected chi connectivity index (χ1v) is 9.50. The first kappa shape index (κ1) is 15.2. The maximum atomic E-state index is 4.97. The fourth-order valence-electron chi connectivity index (χ4n) is 2.91. The zero-order chi connectivity index (χ0) is 14.7. The van der Waals surface area contributed by atoms with Crippen molar-refractivity contribution in [3.63, 3.8) is 0 Å². The highest BCUT2D eigenvalue weighted by atomic mass is 32.1. The number of nitrogens with zero attached hydrogens (tertiary/aromatic N) is 2. The van der Waals surface area contributed by atoms with Gasteiger partial charge in [-0.25, -0.2) is 4.98 Å². The van der Waals surface area contributed by atoms with Crippen molar-refractivity contribution in [2.24, 2.45) is 0 Å². The lowest BCUT2D eigenvalue weighted by atomic mass is 10.1. The van der Waals surface area contributed by atoms with Gasteiger partial charge in [-0.3, -0.25) is 4.90 Å². The summed E-state index contributed by atoms with van der Waals surface area (Å²) in [5.41, 5.74) is 2.50. The maximum absolute atomic E-state index is 4.97. The summed E-state index contributed by atoms with van der Waals surface area (Å²) in [6.45, 7) is 8.91. The minimum Gasteiger partial charge on any atom is -0.314 e. The minimum atomic E-state index is 0.496. The third-order valence-corrected chi connectivity index (χ3v) is 6.04. The van der Waals surface area contributed by atoms with Crippen molar-refractivity contribution in [3.05, 3.63) is 27.4 Å². The molecule has 0 saturated carbocycles. The van der Waals surface area contributed by atoms with Crippen molar-refractivity contribution in [1.29, 1.82) is 0 Å². The van der Waals surface area contributed by atoms with E-state index in [2.05, 4.69) is 40.9 Å². The van der Waals surface area contributed by atoms with Gasteiger partial charge in [-0.1, -0.05) is 13.3 Å². The lowest BCUT2D eigenvalue weighted by Gasteiger charge is -2.33. The van der Waals surface area contributed by atoms with Gasteiger partial charge in [-0.05, 0) is 30.4 Å². The maximum Gasteiger partial charge on any atom is 0.111 e. The number of hydrogen-bond donors (Lipinski definition) is 1. The van der Waals surface area contributed by atoms with Crippen LogP contribution in [0.15, 0.2) is 16.8 Å². The average molecular weight is 322 g/mol. The standard InChI is InChI=1S/C16H23N3S2/c1-3-4-14(19-8-6-17-7-9-19)16-18-13(11-21-16)15-12(2)5-10-20-15/h5,10-11,14,17H,3-4,6-9H2,1-2H3. The van der Waals surface area contributed by atoms with Crippen LogP contribution in [0.4, 0.5) is 0 Å². The van der Waals surface area contributed by atoms with E-state index >= 15 is 0 Å². The van der Waals surface area contributed by atoms with Gasteiger partial charge in [0.25, 0.3) is 0 Å². The molecule has 2 aromatic heterocycles. The Morgan fingerprint density at radius 3 is 2.81 bits per heavy atom. The fraction of sp³-hybridized carbons (Fsp3) is 0.562. The summed E-state index contributed by atoms with van der Waals surface area (Å²) in [5, 5.41) is 9.13. The quantitative estimate of drug-likeness (QED) is 0.904. The number of aromatic nitrogens is 1. The van der Waals surface area contributed by atoms with Crippen LogP contribution in [0.25, 0.3) is 10.6 Å². The molecule has 1 aliphatic rings. The summed E-state index contributed by atoms with van der Waals surface area (Å²) in [6, 6.07) is 2.68. The molecule has 0 aromatic carbocycles. The molecule has 1 aliphatic heterocycles. The van der Waals surface area contributed by atoms with E-state index in [1.54, 1.807) is 11.3 Å². The molecule has 5 heteroatoms. The number of piperazine rings is 1. The second kappa shape index (κ2) is 7.01. The Morgan fingerprint density at radius 2 is 2.14 bits per heavy atom. The minimum absolute atomic E-state index is 0.496. The Morgan fingerprint density at radius 1 is 1.33 bits per heavy atom. The van der Waals surface area contributed by atoms with Gasteiger partial charge in [0.1, 0.15) is 5.01 Å². The van der Waals surface area contributed by atoms with Crippen LogP contribution in [0.2, 0.25) is 0 Å². The van der Waals surface area contributed by atoms with E-state index in [1.807, 2.05) is 11.3 Å². The van der Waals surface area contributed by atoms with E-state index in [0.29, 0.717) is 6.04 Å². The molecule has 1 fully saturated rings. The Balaban J connectivity index is 1.83. The van der Waals surface area contributed by atoms with E-state index in [0.717, 1.165) is 26.2 Å². The van der Waals surface area contributed by atoms with E-state index in [9.17, 15) is 0 Å². The summed E-state index contributed by atoms with van der Waals surface area (Å²) < 4.78 is 0. The molecule has 1 unspecified atom stereocenters. The van der Waals surface area contributed by atoms with Crippen LogP contribution < -0.4 is 5.32 Å². The van der Waals surface area contributed by atoms with Gasteiger partial charge in [0.15, 0.2) is 0 Å². The van der Waals surface area contributed by atoms with Crippen LogP contribution in [-0.4, -0.2) is 36.1 Å². The summed E-state index contributed by atoms with van der Waals surface area (Å²) >= 11 is 3.63. The Labute approximate surface area is 135 Å². The molecule has 1 atom stereocenters. The predicted molar refractivity (Wildman–Crippen MR) is 92.3 cm³/mol. The molecule has 2 aromatic rings. The lowest BCUT2D eigenvalue weighted by molar-refractivity contribution is 0.164. The fourth-order valence-corrected chi connectivity index (χ4v) is 4.85. The summed E-state index contributed by atoms with van der Waals surface area (Å²) in [4.78, 5) is 8.90. The van der Waals surface area contributed by atoms with Crippen molar-refractivity contribution in [2.75, 3.05) is 26.2 Å². The monoisotopic (exact) mass is 321 g/mol. The third kappa shape index (κ3) is 3.37. The highest BCUT2D eigenvalue weighted by Gasteiger charge is 2.24. The first-order valence-electron chi connectivity index (χ1n) is 7.74. The van der Waals surface area contributed by atoms with Crippen molar-refractivity contribution < 1.29 is 0 Å². The first-order chi connectivity index (χ1) is 10.3. The number of aryl methyl sites for hydroxylation is 1. The van der Waals surface area contributed by atoms with Crippen LogP contribution in [0.1, 0.15) is 36.4 Å². The van der Waals surface area contributed by atoms with E-state index in [1.165, 1.54) is 34.0 Å². The molecule has 0 bridgehead atoms. The normalized spacial score (nSPS) is 18.0. The Bertz CT molecular complexity index is 570. The van der Waals surface area contributed by atoms with Gasteiger partial charge < -0.3 is 5.32 Å². The van der Waals surface area contributed by atoms with E-state index in [4.69, 9.17) is 4.98 Å². The van der Waals surface area contributed by atoms with Gasteiger partial charge in [0, 0.05) is 31.6 Å². The van der Waals surface area contributed by atoms with Crippen LogP contribution in [0.3, 0.4) is 0 Å². The molecule has 0 amide bonds. The molecule has 0 aliphatic carbocycles. The second-order valence-corrected chi connectivity index (χ2v) is 7.40. The topological polar surface area (TPSA) is 28.2 Å². The molecule has 3 nitrogen and oxygen atoms in total. The molecule has 0 spiro atoms. The lowest BCUT2D eigenvalue weighted by Crippen LogP contribution is -2.45. The highest BCUT2D eigenvalue weighted by molar-refractivity contribution is 7.14. The van der Waals surface area contributed by atoms with Gasteiger partial charge in [-0.2, -0.15) is 0 Å². The van der Waals surface area contributed by atoms with Gasteiger partial charge in [0.2, 0.25) is 0 Å². The molecule has 114 valence electrons. The van der Waals surface area contributed by atoms with Gasteiger partial charge in [0.05, 0.1) is 16.6 Å². The molecule has 21 heavy (non-hydrogen) atoms. The smallest absolute Gasteiger partial charge is 0.111 e. The van der Waals surface area contributed by atoms with Crippen LogP contribution in [0.5, 0.6) is 0 Å². The Hall–Kier alpha value is -0.750. The van der Waals surface area contributed by atoms with Crippen molar-refractivity contribution in [2.45, 2.75) is 32.7 Å². The predicted octanol–water partition coefficient (Wildman–Crippen LogP) is 3.93. The van der Waals surface area contributed by atoms with Crippen molar-refractivity contribution in [1.82, 2.24) is 15.2 Å². The van der Waals surface area contributed by atoms with Crippen LogP contribution in [0, 0.1) is 6.92 Å². The molecule has 3 rings (SSSR count). The summed E-state index contributed by atoms with van der Waals surface area (Å²) in [7, 11) is 0. The molecular weight excluding hydrogens is 298 g/mol. The van der Waals surface area contributed by atoms with Gasteiger partial charge in [-0.15, -0.1) is 22.7 Å². The summed E-state index contributed by atoms with van der Waals surface area (Å²) in [6.07, 6.45) is 2.41. The van der Waals surface area contributed by atoms with Crippen LogP contribution in [-0.2, 0) is 0 Å². The van der Waals surface area contributed by atoms with E-state index < -0.39 is 0 Å². The highest BCUT2D eigenvalue weighted by Crippen LogP contribution is 2.34. The molecule has 0 radical (unpaired) electrons. The van der Waals surface area contributed by atoms with Crippen molar-refractivity contribution >= 4 is 22.7 Å². The van der Waals surface area contributed by atoms with Gasteiger partial charge >= 0.3 is 0 Å². The Kier molecular flexibility index (Phi) is 5.06. The average Bonchev–Trinajstić information content (AvgIpc) is 3.14. The summed E-state index contributed by atoms with van der Waals surface area (Å²) in [5.74, 6) is 0. The zero-order valence-electron chi connectivity index (χ0n) is 12.8. The number of nitrogens with one attached hydrogen (secondary N) is 1. The zero-order valence-corrected chi connectivity index (χ0v) is 14.4.